The van der Waals surface area contributed by atoms with E-state index in [9.17, 15) is 0 Å². The Bertz CT molecular complexity index is 617. The number of hydrogen-bond donors (Lipinski definition) is 2. The molecule has 0 spiro atoms. The van der Waals surface area contributed by atoms with Gasteiger partial charge in [0, 0.05) is 21.9 Å². The van der Waals surface area contributed by atoms with Gasteiger partial charge < -0.3 is 11.1 Å². The minimum Gasteiger partial charge on any atom is -0.397 e. The number of halogens is 3. The number of nitrogen functional groups attached to an aromatic ring is 1. The SMILES string of the molecule is CNc1cc(Sc2ccc(Cl)cc2Cl)c(Cl)cc1N. The third-order valence-corrected chi connectivity index (χ3v) is 4.71. The van der Waals surface area contributed by atoms with Crippen LogP contribution in [0.5, 0.6) is 0 Å². The van der Waals surface area contributed by atoms with Gasteiger partial charge in [-0.15, -0.1) is 0 Å². The Morgan fingerprint density at radius 3 is 2.32 bits per heavy atom. The first-order valence-electron chi connectivity index (χ1n) is 5.41. The van der Waals surface area contributed by atoms with Crippen molar-refractivity contribution in [1.82, 2.24) is 0 Å². The standard InChI is InChI=1S/C13H11Cl3N2S/c1-18-11-6-13(9(16)5-10(11)17)19-12-3-2-7(14)4-8(12)15/h2-6,18H,17H2,1H3. The summed E-state index contributed by atoms with van der Waals surface area (Å²) in [5, 5.41) is 4.81. The lowest BCUT2D eigenvalue weighted by atomic mass is 10.3. The third kappa shape index (κ3) is 3.42. The van der Waals surface area contributed by atoms with Gasteiger partial charge in [-0.05, 0) is 30.3 Å². The van der Waals surface area contributed by atoms with Crippen molar-refractivity contribution in [2.24, 2.45) is 0 Å². The van der Waals surface area contributed by atoms with Crippen LogP contribution in [0.3, 0.4) is 0 Å². The number of nitrogens with one attached hydrogen (secondary N) is 1. The average Bonchev–Trinajstić information content (AvgIpc) is 2.35. The fraction of sp³-hybridized carbons (Fsp3) is 0.0769. The molecule has 0 aliphatic rings. The van der Waals surface area contributed by atoms with Gasteiger partial charge in [0.2, 0.25) is 0 Å². The molecular weight excluding hydrogens is 323 g/mol. The van der Waals surface area contributed by atoms with E-state index in [2.05, 4.69) is 5.32 Å². The van der Waals surface area contributed by atoms with Crippen molar-refractivity contribution in [2.45, 2.75) is 9.79 Å². The maximum Gasteiger partial charge on any atom is 0.0583 e. The van der Waals surface area contributed by atoms with Crippen molar-refractivity contribution < 1.29 is 0 Å². The van der Waals surface area contributed by atoms with Crippen molar-refractivity contribution in [3.8, 4) is 0 Å². The summed E-state index contributed by atoms with van der Waals surface area (Å²) in [4.78, 5) is 1.77. The molecule has 0 radical (unpaired) electrons. The van der Waals surface area contributed by atoms with E-state index in [1.54, 1.807) is 18.2 Å². The summed E-state index contributed by atoms with van der Waals surface area (Å²) in [5.41, 5.74) is 7.29. The molecule has 6 heteroatoms. The largest absolute Gasteiger partial charge is 0.397 e. The molecule has 2 nitrogen and oxygen atoms in total. The Morgan fingerprint density at radius 2 is 1.68 bits per heavy atom. The second-order valence-corrected chi connectivity index (χ2v) is 6.13. The highest BCUT2D eigenvalue weighted by Crippen LogP contribution is 2.40. The summed E-state index contributed by atoms with van der Waals surface area (Å²) in [7, 11) is 1.81. The minimum absolute atomic E-state index is 0.590. The first kappa shape index (κ1) is 14.7. The van der Waals surface area contributed by atoms with E-state index in [0.29, 0.717) is 20.8 Å². The van der Waals surface area contributed by atoms with Gasteiger partial charge in [-0.1, -0.05) is 46.6 Å². The van der Waals surface area contributed by atoms with Crippen LogP contribution in [-0.2, 0) is 0 Å². The quantitative estimate of drug-likeness (QED) is 0.736. The van der Waals surface area contributed by atoms with Crippen LogP contribution in [0.1, 0.15) is 0 Å². The van der Waals surface area contributed by atoms with Crippen molar-refractivity contribution in [3.63, 3.8) is 0 Å². The van der Waals surface area contributed by atoms with Gasteiger partial charge in [0.05, 0.1) is 21.4 Å². The molecule has 2 rings (SSSR count). The number of nitrogens with two attached hydrogens (primary N) is 1. The zero-order valence-corrected chi connectivity index (χ0v) is 13.1. The van der Waals surface area contributed by atoms with Crippen LogP contribution in [0.4, 0.5) is 11.4 Å². The average molecular weight is 334 g/mol. The first-order valence-corrected chi connectivity index (χ1v) is 7.36. The monoisotopic (exact) mass is 332 g/mol. The molecule has 3 N–H and O–H groups in total. The highest BCUT2D eigenvalue weighted by molar-refractivity contribution is 7.99. The number of rotatable bonds is 3. The molecular formula is C13H11Cl3N2S. The number of benzene rings is 2. The highest BCUT2D eigenvalue weighted by atomic mass is 35.5. The van der Waals surface area contributed by atoms with Gasteiger partial charge in [-0.25, -0.2) is 0 Å². The van der Waals surface area contributed by atoms with E-state index < -0.39 is 0 Å². The Labute approximate surface area is 131 Å². The fourth-order valence-electron chi connectivity index (χ4n) is 1.54. The lowest BCUT2D eigenvalue weighted by molar-refractivity contribution is 1.39. The maximum absolute atomic E-state index is 6.19. The Kier molecular flexibility index (Phi) is 4.74. The zero-order valence-electron chi connectivity index (χ0n) is 10.0. The molecule has 0 fully saturated rings. The summed E-state index contributed by atoms with van der Waals surface area (Å²) >= 11 is 19.7. The lowest BCUT2D eigenvalue weighted by Crippen LogP contribution is -1.96. The second kappa shape index (κ2) is 6.14. The molecule has 2 aromatic carbocycles. The Hall–Kier alpha value is -0.740. The molecule has 0 atom stereocenters. The first-order chi connectivity index (χ1) is 9.01. The number of anilines is 2. The van der Waals surface area contributed by atoms with Crippen LogP contribution in [0.2, 0.25) is 15.1 Å². The van der Waals surface area contributed by atoms with E-state index in [-0.39, 0.29) is 0 Å². The zero-order chi connectivity index (χ0) is 14.0. The van der Waals surface area contributed by atoms with E-state index in [4.69, 9.17) is 40.5 Å². The van der Waals surface area contributed by atoms with Crippen LogP contribution < -0.4 is 11.1 Å². The van der Waals surface area contributed by atoms with Gasteiger partial charge in [0.25, 0.3) is 0 Å². The lowest BCUT2D eigenvalue weighted by Gasteiger charge is -2.11. The van der Waals surface area contributed by atoms with Crippen molar-refractivity contribution >= 4 is 57.9 Å². The van der Waals surface area contributed by atoms with E-state index in [0.717, 1.165) is 15.5 Å². The van der Waals surface area contributed by atoms with E-state index >= 15 is 0 Å². The van der Waals surface area contributed by atoms with E-state index in [1.807, 2.05) is 19.2 Å². The normalized spacial score (nSPS) is 10.5. The van der Waals surface area contributed by atoms with Crippen molar-refractivity contribution in [3.05, 3.63) is 45.4 Å². The van der Waals surface area contributed by atoms with Crippen molar-refractivity contribution in [1.29, 1.82) is 0 Å². The van der Waals surface area contributed by atoms with Gasteiger partial charge in [-0.3, -0.25) is 0 Å². The molecule has 0 bridgehead atoms. The van der Waals surface area contributed by atoms with Gasteiger partial charge in [0.1, 0.15) is 0 Å². The molecule has 0 saturated heterocycles. The molecule has 2 aromatic rings. The molecule has 0 saturated carbocycles. The van der Waals surface area contributed by atoms with Crippen LogP contribution in [0.25, 0.3) is 0 Å². The maximum atomic E-state index is 6.19. The Morgan fingerprint density at radius 1 is 1.00 bits per heavy atom. The fourth-order valence-corrected chi connectivity index (χ4v) is 3.21. The molecule has 0 aromatic heterocycles. The Balaban J connectivity index is 2.37. The molecule has 19 heavy (non-hydrogen) atoms. The second-order valence-electron chi connectivity index (χ2n) is 3.80. The molecule has 0 unspecified atom stereocenters. The van der Waals surface area contributed by atoms with Crippen LogP contribution in [0, 0.1) is 0 Å². The van der Waals surface area contributed by atoms with Crippen LogP contribution in [-0.4, -0.2) is 7.05 Å². The van der Waals surface area contributed by atoms with Crippen LogP contribution >= 0.6 is 46.6 Å². The molecule has 0 aliphatic heterocycles. The van der Waals surface area contributed by atoms with Gasteiger partial charge >= 0.3 is 0 Å². The molecule has 0 amide bonds. The van der Waals surface area contributed by atoms with Crippen LogP contribution in [0.15, 0.2) is 40.1 Å². The van der Waals surface area contributed by atoms with Gasteiger partial charge in [0.15, 0.2) is 0 Å². The summed E-state index contributed by atoms with van der Waals surface area (Å²) in [5.74, 6) is 0. The molecule has 100 valence electrons. The van der Waals surface area contributed by atoms with Gasteiger partial charge in [-0.2, -0.15) is 0 Å². The summed E-state index contributed by atoms with van der Waals surface area (Å²) in [6.07, 6.45) is 0. The smallest absolute Gasteiger partial charge is 0.0583 e. The topological polar surface area (TPSA) is 38.0 Å². The molecule has 0 heterocycles. The summed E-state index contributed by atoms with van der Waals surface area (Å²) in [6, 6.07) is 8.98. The summed E-state index contributed by atoms with van der Waals surface area (Å²) < 4.78 is 0. The van der Waals surface area contributed by atoms with Crippen molar-refractivity contribution in [2.75, 3.05) is 18.1 Å². The van der Waals surface area contributed by atoms with E-state index in [1.165, 1.54) is 11.8 Å². The highest BCUT2D eigenvalue weighted by Gasteiger charge is 2.10. The molecule has 0 aliphatic carbocycles. The third-order valence-electron chi connectivity index (χ3n) is 2.49. The number of hydrogen-bond acceptors (Lipinski definition) is 3. The predicted octanol–water partition coefficient (Wildman–Crippen LogP) is 5.42. The minimum atomic E-state index is 0.590. The summed E-state index contributed by atoms with van der Waals surface area (Å²) in [6.45, 7) is 0. The predicted molar refractivity (Wildman–Crippen MR) is 86.0 cm³/mol.